The quantitative estimate of drug-likeness (QED) is 0.686. The third-order valence-electron chi connectivity index (χ3n) is 3.08. The van der Waals surface area contributed by atoms with Gasteiger partial charge in [-0.3, -0.25) is 0 Å². The SMILES string of the molecule is CCCCN(CCO)C(=O)NCCOc1cccc(C)c1. The van der Waals surface area contributed by atoms with Gasteiger partial charge >= 0.3 is 6.03 Å². The lowest BCUT2D eigenvalue weighted by molar-refractivity contribution is 0.174. The molecule has 118 valence electrons. The van der Waals surface area contributed by atoms with E-state index in [0.29, 0.717) is 26.2 Å². The number of rotatable bonds is 9. The molecule has 21 heavy (non-hydrogen) atoms. The van der Waals surface area contributed by atoms with E-state index >= 15 is 0 Å². The standard InChI is InChI=1S/C16H26N2O3/c1-3-4-9-18(10-11-19)16(20)17-8-12-21-15-7-5-6-14(2)13-15/h5-7,13,19H,3-4,8-12H2,1-2H3,(H,17,20). The Morgan fingerprint density at radius 2 is 2.19 bits per heavy atom. The lowest BCUT2D eigenvalue weighted by Gasteiger charge is -2.22. The number of amides is 2. The zero-order chi connectivity index (χ0) is 15.5. The molecule has 0 unspecified atom stereocenters. The Labute approximate surface area is 126 Å². The van der Waals surface area contributed by atoms with Crippen LogP contribution in [-0.4, -0.2) is 48.9 Å². The molecule has 0 spiro atoms. The molecule has 0 saturated heterocycles. The molecular formula is C16H26N2O3. The first-order valence-corrected chi connectivity index (χ1v) is 7.50. The number of urea groups is 1. The summed E-state index contributed by atoms with van der Waals surface area (Å²) in [7, 11) is 0. The fourth-order valence-corrected chi connectivity index (χ4v) is 1.93. The summed E-state index contributed by atoms with van der Waals surface area (Å²) < 4.78 is 5.58. The summed E-state index contributed by atoms with van der Waals surface area (Å²) in [5, 5.41) is 11.8. The highest BCUT2D eigenvalue weighted by molar-refractivity contribution is 5.74. The van der Waals surface area contributed by atoms with Crippen molar-refractivity contribution in [3.05, 3.63) is 29.8 Å². The molecule has 5 nitrogen and oxygen atoms in total. The Kier molecular flexibility index (Phi) is 8.28. The molecular weight excluding hydrogens is 268 g/mol. The van der Waals surface area contributed by atoms with Crippen LogP contribution in [0.25, 0.3) is 0 Å². The minimum Gasteiger partial charge on any atom is -0.492 e. The van der Waals surface area contributed by atoms with E-state index < -0.39 is 0 Å². The maximum atomic E-state index is 12.0. The van der Waals surface area contributed by atoms with E-state index in [9.17, 15) is 4.79 Å². The fraction of sp³-hybridized carbons (Fsp3) is 0.562. The van der Waals surface area contributed by atoms with Crippen molar-refractivity contribution in [3.8, 4) is 5.75 Å². The van der Waals surface area contributed by atoms with Crippen molar-refractivity contribution in [2.45, 2.75) is 26.7 Å². The van der Waals surface area contributed by atoms with Crippen LogP contribution in [0.1, 0.15) is 25.3 Å². The number of carbonyl (C=O) groups is 1. The lowest BCUT2D eigenvalue weighted by atomic mass is 10.2. The van der Waals surface area contributed by atoms with Crippen LogP contribution in [0.4, 0.5) is 4.79 Å². The number of carbonyl (C=O) groups excluding carboxylic acids is 1. The largest absolute Gasteiger partial charge is 0.492 e. The van der Waals surface area contributed by atoms with Gasteiger partial charge in [0.25, 0.3) is 0 Å². The predicted molar refractivity (Wildman–Crippen MR) is 83.6 cm³/mol. The van der Waals surface area contributed by atoms with E-state index in [0.717, 1.165) is 24.2 Å². The molecule has 0 aliphatic heterocycles. The van der Waals surface area contributed by atoms with Crippen molar-refractivity contribution in [2.24, 2.45) is 0 Å². The molecule has 5 heteroatoms. The van der Waals surface area contributed by atoms with Gasteiger partial charge in [0.05, 0.1) is 13.2 Å². The van der Waals surface area contributed by atoms with Gasteiger partial charge < -0.3 is 20.1 Å². The van der Waals surface area contributed by atoms with Crippen molar-refractivity contribution in [1.29, 1.82) is 0 Å². The minimum atomic E-state index is -0.148. The Bertz CT molecular complexity index is 424. The van der Waals surface area contributed by atoms with Crippen molar-refractivity contribution in [3.63, 3.8) is 0 Å². The van der Waals surface area contributed by atoms with Gasteiger partial charge in [-0.25, -0.2) is 4.79 Å². The zero-order valence-corrected chi connectivity index (χ0v) is 13.0. The summed E-state index contributed by atoms with van der Waals surface area (Å²) in [6, 6.07) is 7.66. The Morgan fingerprint density at radius 3 is 2.86 bits per heavy atom. The summed E-state index contributed by atoms with van der Waals surface area (Å²) in [4.78, 5) is 13.6. The van der Waals surface area contributed by atoms with Crippen LogP contribution in [0.2, 0.25) is 0 Å². The number of unbranched alkanes of at least 4 members (excludes halogenated alkanes) is 1. The summed E-state index contributed by atoms with van der Waals surface area (Å²) in [5.74, 6) is 0.808. The monoisotopic (exact) mass is 294 g/mol. The molecule has 0 saturated carbocycles. The number of hydrogen-bond acceptors (Lipinski definition) is 3. The zero-order valence-electron chi connectivity index (χ0n) is 13.0. The van der Waals surface area contributed by atoms with Crippen LogP contribution in [0.15, 0.2) is 24.3 Å². The number of nitrogens with zero attached hydrogens (tertiary/aromatic N) is 1. The van der Waals surface area contributed by atoms with E-state index in [1.54, 1.807) is 4.90 Å². The number of hydrogen-bond donors (Lipinski definition) is 2. The maximum absolute atomic E-state index is 12.0. The fourth-order valence-electron chi connectivity index (χ4n) is 1.93. The first-order chi connectivity index (χ1) is 10.2. The summed E-state index contributed by atoms with van der Waals surface area (Å²) in [5.41, 5.74) is 1.14. The number of ether oxygens (including phenoxy) is 1. The average Bonchev–Trinajstić information content (AvgIpc) is 2.48. The number of benzene rings is 1. The van der Waals surface area contributed by atoms with E-state index in [2.05, 4.69) is 12.2 Å². The number of aliphatic hydroxyl groups excluding tert-OH is 1. The molecule has 1 aromatic rings. The van der Waals surface area contributed by atoms with Gasteiger partial charge in [0.15, 0.2) is 0 Å². The highest BCUT2D eigenvalue weighted by atomic mass is 16.5. The van der Waals surface area contributed by atoms with Crippen LogP contribution >= 0.6 is 0 Å². The van der Waals surface area contributed by atoms with Crippen LogP contribution in [0.5, 0.6) is 5.75 Å². The highest BCUT2D eigenvalue weighted by Gasteiger charge is 2.11. The topological polar surface area (TPSA) is 61.8 Å². The third-order valence-corrected chi connectivity index (χ3v) is 3.08. The molecule has 0 bridgehead atoms. The molecule has 0 aliphatic carbocycles. The average molecular weight is 294 g/mol. The van der Waals surface area contributed by atoms with Gasteiger partial charge in [-0.2, -0.15) is 0 Å². The Hall–Kier alpha value is -1.75. The molecule has 2 N–H and O–H groups in total. The Morgan fingerprint density at radius 1 is 1.38 bits per heavy atom. The smallest absolute Gasteiger partial charge is 0.317 e. The molecule has 0 fully saturated rings. The van der Waals surface area contributed by atoms with Crippen molar-refractivity contribution in [2.75, 3.05) is 32.8 Å². The number of nitrogens with one attached hydrogen (secondary N) is 1. The van der Waals surface area contributed by atoms with Crippen LogP contribution in [0, 0.1) is 6.92 Å². The summed E-state index contributed by atoms with van der Waals surface area (Å²) >= 11 is 0. The Balaban J connectivity index is 2.27. The molecule has 2 amide bonds. The summed E-state index contributed by atoms with van der Waals surface area (Å²) in [6.45, 7) is 5.97. The van der Waals surface area contributed by atoms with Gasteiger partial charge in [-0.1, -0.05) is 25.5 Å². The van der Waals surface area contributed by atoms with E-state index in [4.69, 9.17) is 9.84 Å². The van der Waals surface area contributed by atoms with E-state index in [-0.39, 0.29) is 12.6 Å². The number of aliphatic hydroxyl groups is 1. The van der Waals surface area contributed by atoms with Gasteiger partial charge in [0, 0.05) is 13.1 Å². The molecule has 0 aromatic heterocycles. The van der Waals surface area contributed by atoms with Crippen molar-refractivity contribution >= 4 is 6.03 Å². The molecule has 0 heterocycles. The van der Waals surface area contributed by atoms with Gasteiger partial charge in [-0.15, -0.1) is 0 Å². The normalized spacial score (nSPS) is 10.2. The third kappa shape index (κ3) is 6.99. The van der Waals surface area contributed by atoms with Crippen molar-refractivity contribution in [1.82, 2.24) is 10.2 Å². The minimum absolute atomic E-state index is 0.0169. The predicted octanol–water partition coefficient (Wildman–Crippen LogP) is 2.18. The number of aryl methyl sites for hydroxylation is 1. The lowest BCUT2D eigenvalue weighted by Crippen LogP contribution is -2.43. The first-order valence-electron chi connectivity index (χ1n) is 7.50. The summed E-state index contributed by atoms with van der Waals surface area (Å²) in [6.07, 6.45) is 1.96. The molecule has 0 radical (unpaired) electrons. The molecule has 0 atom stereocenters. The van der Waals surface area contributed by atoms with E-state index in [1.165, 1.54) is 0 Å². The van der Waals surface area contributed by atoms with Gasteiger partial charge in [0.2, 0.25) is 0 Å². The first kappa shape index (κ1) is 17.3. The molecule has 0 aliphatic rings. The van der Waals surface area contributed by atoms with Crippen LogP contribution < -0.4 is 10.1 Å². The second-order valence-electron chi connectivity index (χ2n) is 4.96. The van der Waals surface area contributed by atoms with Gasteiger partial charge in [0.1, 0.15) is 12.4 Å². The molecule has 1 rings (SSSR count). The van der Waals surface area contributed by atoms with Gasteiger partial charge in [-0.05, 0) is 31.0 Å². The second-order valence-corrected chi connectivity index (χ2v) is 4.96. The highest BCUT2D eigenvalue weighted by Crippen LogP contribution is 2.11. The second kappa shape index (κ2) is 10.0. The van der Waals surface area contributed by atoms with Crippen molar-refractivity contribution < 1.29 is 14.6 Å². The van der Waals surface area contributed by atoms with Crippen LogP contribution in [0.3, 0.4) is 0 Å². The molecule has 1 aromatic carbocycles. The van der Waals surface area contributed by atoms with E-state index in [1.807, 2.05) is 31.2 Å². The van der Waals surface area contributed by atoms with Crippen LogP contribution in [-0.2, 0) is 0 Å². The maximum Gasteiger partial charge on any atom is 0.317 e.